The molecule has 0 saturated heterocycles. The van der Waals surface area contributed by atoms with Crippen LogP contribution in [-0.2, 0) is 9.59 Å². The van der Waals surface area contributed by atoms with Crippen molar-refractivity contribution >= 4 is 46.3 Å². The molecule has 2 N–H and O–H groups in total. The van der Waals surface area contributed by atoms with Crippen molar-refractivity contribution in [1.29, 1.82) is 0 Å². The lowest BCUT2D eigenvalue weighted by atomic mass is 10.2. The number of nitrogens with zero attached hydrogens (tertiary/aromatic N) is 1. The van der Waals surface area contributed by atoms with Crippen LogP contribution < -0.4 is 10.7 Å². The number of benzene rings is 2. The number of amides is 2. The van der Waals surface area contributed by atoms with Crippen molar-refractivity contribution < 1.29 is 9.59 Å². The third kappa shape index (κ3) is 6.11. The molecule has 0 atom stereocenters. The highest BCUT2D eigenvalue weighted by atomic mass is 127. The molecular formula is C18H18IN3O2. The summed E-state index contributed by atoms with van der Waals surface area (Å²) in [7, 11) is 0. The minimum Gasteiger partial charge on any atom is -0.326 e. The second-order valence-corrected chi connectivity index (χ2v) is 6.46. The van der Waals surface area contributed by atoms with Gasteiger partial charge >= 0.3 is 0 Å². The molecule has 0 aliphatic carbocycles. The predicted octanol–water partition coefficient (Wildman–Crippen LogP) is 3.47. The van der Waals surface area contributed by atoms with Crippen molar-refractivity contribution in [2.24, 2.45) is 5.10 Å². The van der Waals surface area contributed by atoms with Crippen LogP contribution in [0.15, 0.2) is 53.6 Å². The topological polar surface area (TPSA) is 70.6 Å². The fourth-order valence-corrected chi connectivity index (χ4v) is 2.63. The van der Waals surface area contributed by atoms with E-state index in [1.807, 2.05) is 55.5 Å². The molecule has 2 aromatic rings. The third-order valence-electron chi connectivity index (χ3n) is 3.24. The van der Waals surface area contributed by atoms with E-state index in [2.05, 4.69) is 38.4 Å². The van der Waals surface area contributed by atoms with Gasteiger partial charge in [-0.3, -0.25) is 9.59 Å². The van der Waals surface area contributed by atoms with Gasteiger partial charge < -0.3 is 5.32 Å². The standard InChI is InChI=1S/C18H18IN3O2/c1-13-11-15(19)7-8-16(13)21-17(23)9-10-18(24)22-20-12-14-5-3-2-4-6-14/h2-8,11-12H,9-10H2,1H3,(H,21,23)(H,22,24). The van der Waals surface area contributed by atoms with Crippen molar-refractivity contribution in [3.05, 3.63) is 63.2 Å². The van der Waals surface area contributed by atoms with Crippen LogP contribution in [0, 0.1) is 10.5 Å². The number of carbonyl (C=O) groups excluding carboxylic acids is 2. The Morgan fingerprint density at radius 2 is 1.79 bits per heavy atom. The average Bonchev–Trinajstić information content (AvgIpc) is 2.56. The summed E-state index contributed by atoms with van der Waals surface area (Å²) in [5, 5.41) is 6.68. The number of anilines is 1. The van der Waals surface area contributed by atoms with E-state index in [0.717, 1.165) is 20.4 Å². The summed E-state index contributed by atoms with van der Waals surface area (Å²) in [6.07, 6.45) is 1.76. The summed E-state index contributed by atoms with van der Waals surface area (Å²) in [6.45, 7) is 1.93. The average molecular weight is 435 g/mol. The molecule has 24 heavy (non-hydrogen) atoms. The van der Waals surface area contributed by atoms with Crippen molar-refractivity contribution in [1.82, 2.24) is 5.43 Å². The van der Waals surface area contributed by atoms with Crippen molar-refractivity contribution in [2.75, 3.05) is 5.32 Å². The van der Waals surface area contributed by atoms with Crippen LogP contribution >= 0.6 is 22.6 Å². The van der Waals surface area contributed by atoms with Crippen LogP contribution in [0.1, 0.15) is 24.0 Å². The van der Waals surface area contributed by atoms with E-state index >= 15 is 0 Å². The van der Waals surface area contributed by atoms with Crippen LogP contribution in [0.5, 0.6) is 0 Å². The summed E-state index contributed by atoms with van der Waals surface area (Å²) < 4.78 is 1.11. The molecular weight excluding hydrogens is 417 g/mol. The first-order chi connectivity index (χ1) is 11.5. The third-order valence-corrected chi connectivity index (χ3v) is 3.92. The van der Waals surface area contributed by atoms with Crippen LogP contribution in [-0.4, -0.2) is 18.0 Å². The van der Waals surface area contributed by atoms with Crippen LogP contribution in [0.4, 0.5) is 5.69 Å². The van der Waals surface area contributed by atoms with Gasteiger partial charge in [-0.05, 0) is 58.8 Å². The van der Waals surface area contributed by atoms with E-state index in [1.165, 1.54) is 0 Å². The normalized spacial score (nSPS) is 10.6. The molecule has 2 aromatic carbocycles. The zero-order valence-corrected chi connectivity index (χ0v) is 15.4. The Hall–Kier alpha value is -2.22. The zero-order chi connectivity index (χ0) is 17.4. The van der Waals surface area contributed by atoms with Gasteiger partial charge in [-0.1, -0.05) is 30.3 Å². The Labute approximate surface area is 154 Å². The zero-order valence-electron chi connectivity index (χ0n) is 13.3. The molecule has 0 aliphatic heterocycles. The molecule has 124 valence electrons. The van der Waals surface area contributed by atoms with Gasteiger partial charge in [0.15, 0.2) is 0 Å². The fourth-order valence-electron chi connectivity index (χ4n) is 1.98. The lowest BCUT2D eigenvalue weighted by molar-refractivity contribution is -0.124. The minimum atomic E-state index is -0.295. The van der Waals surface area contributed by atoms with Crippen molar-refractivity contribution in [2.45, 2.75) is 19.8 Å². The Kier molecular flexibility index (Phi) is 6.92. The highest BCUT2D eigenvalue weighted by molar-refractivity contribution is 14.1. The Bertz CT molecular complexity index is 745. The van der Waals surface area contributed by atoms with Gasteiger partial charge in [-0.25, -0.2) is 5.43 Å². The molecule has 0 saturated carbocycles. The van der Waals surface area contributed by atoms with E-state index in [0.29, 0.717) is 0 Å². The fraction of sp³-hybridized carbons (Fsp3) is 0.167. The molecule has 0 heterocycles. The number of hydrogen-bond acceptors (Lipinski definition) is 3. The Morgan fingerprint density at radius 3 is 2.50 bits per heavy atom. The van der Waals surface area contributed by atoms with Gasteiger partial charge in [0.25, 0.3) is 0 Å². The highest BCUT2D eigenvalue weighted by Gasteiger charge is 2.08. The largest absolute Gasteiger partial charge is 0.326 e. The first-order valence-electron chi connectivity index (χ1n) is 7.47. The number of carbonyl (C=O) groups is 2. The van der Waals surface area contributed by atoms with E-state index in [-0.39, 0.29) is 24.7 Å². The van der Waals surface area contributed by atoms with Gasteiger partial charge in [0, 0.05) is 22.1 Å². The Balaban J connectivity index is 1.75. The van der Waals surface area contributed by atoms with Crippen molar-refractivity contribution in [3.8, 4) is 0 Å². The van der Waals surface area contributed by atoms with Crippen LogP contribution in [0.25, 0.3) is 0 Å². The Morgan fingerprint density at radius 1 is 1.08 bits per heavy atom. The van der Waals surface area contributed by atoms with Gasteiger partial charge in [-0.2, -0.15) is 5.10 Å². The van der Waals surface area contributed by atoms with E-state index in [1.54, 1.807) is 6.21 Å². The molecule has 0 fully saturated rings. The summed E-state index contributed by atoms with van der Waals surface area (Å²) in [5.74, 6) is -0.488. The molecule has 5 nitrogen and oxygen atoms in total. The predicted molar refractivity (Wildman–Crippen MR) is 104 cm³/mol. The van der Waals surface area contributed by atoms with Crippen molar-refractivity contribution in [3.63, 3.8) is 0 Å². The summed E-state index contributed by atoms with van der Waals surface area (Å²) in [4.78, 5) is 23.6. The second kappa shape index (κ2) is 9.17. The van der Waals surface area contributed by atoms with Gasteiger partial charge in [-0.15, -0.1) is 0 Å². The monoisotopic (exact) mass is 435 g/mol. The second-order valence-electron chi connectivity index (χ2n) is 5.21. The molecule has 0 spiro atoms. The minimum absolute atomic E-state index is 0.0847. The first-order valence-corrected chi connectivity index (χ1v) is 8.55. The molecule has 6 heteroatoms. The summed E-state index contributed by atoms with van der Waals surface area (Å²) in [5.41, 5.74) is 5.07. The lowest BCUT2D eigenvalue weighted by Gasteiger charge is -2.08. The number of halogens is 1. The SMILES string of the molecule is Cc1cc(I)ccc1NC(=O)CCC(=O)NN=Cc1ccccc1. The molecule has 0 aliphatic rings. The van der Waals surface area contributed by atoms with E-state index < -0.39 is 0 Å². The number of hydrogen-bond donors (Lipinski definition) is 2. The van der Waals surface area contributed by atoms with Crippen LogP contribution in [0.3, 0.4) is 0 Å². The maximum absolute atomic E-state index is 11.9. The number of hydrazone groups is 1. The molecule has 0 unspecified atom stereocenters. The van der Waals surface area contributed by atoms with E-state index in [4.69, 9.17) is 0 Å². The molecule has 2 amide bonds. The number of rotatable bonds is 6. The quantitative estimate of drug-likeness (QED) is 0.415. The summed E-state index contributed by atoms with van der Waals surface area (Å²) >= 11 is 2.22. The van der Waals surface area contributed by atoms with Gasteiger partial charge in [0.1, 0.15) is 0 Å². The van der Waals surface area contributed by atoms with Gasteiger partial charge in [0.2, 0.25) is 11.8 Å². The summed E-state index contributed by atoms with van der Waals surface area (Å²) in [6, 6.07) is 15.2. The number of aryl methyl sites for hydroxylation is 1. The highest BCUT2D eigenvalue weighted by Crippen LogP contribution is 2.17. The maximum Gasteiger partial charge on any atom is 0.240 e. The maximum atomic E-state index is 11.9. The number of nitrogens with one attached hydrogen (secondary N) is 2. The molecule has 0 radical (unpaired) electrons. The molecule has 0 aromatic heterocycles. The first kappa shape index (κ1) is 18.1. The van der Waals surface area contributed by atoms with E-state index in [9.17, 15) is 9.59 Å². The van der Waals surface area contributed by atoms with Crippen LogP contribution in [0.2, 0.25) is 0 Å². The van der Waals surface area contributed by atoms with Gasteiger partial charge in [0.05, 0.1) is 6.21 Å². The smallest absolute Gasteiger partial charge is 0.240 e. The molecule has 2 rings (SSSR count). The lowest BCUT2D eigenvalue weighted by Crippen LogP contribution is -2.20. The molecule has 0 bridgehead atoms.